The molecule has 1 aliphatic rings. The molecule has 1 aliphatic heterocycles. The molecule has 8 heteroatoms. The van der Waals surface area contributed by atoms with Gasteiger partial charge in [0.1, 0.15) is 5.75 Å². The maximum atomic E-state index is 12.6. The zero-order chi connectivity index (χ0) is 23.2. The van der Waals surface area contributed by atoms with Gasteiger partial charge in [-0.15, -0.1) is 10.2 Å². The third kappa shape index (κ3) is 5.75. The minimum absolute atomic E-state index is 0.0852. The third-order valence-electron chi connectivity index (χ3n) is 5.58. The summed E-state index contributed by atoms with van der Waals surface area (Å²) in [4.78, 5) is 14.5. The second kappa shape index (κ2) is 10.9. The molecule has 0 aliphatic carbocycles. The number of carbonyl (C=O) groups is 1. The Hall–Kier alpha value is -2.84. The molecule has 4 rings (SSSR count). The first-order chi connectivity index (χ1) is 16.0. The van der Waals surface area contributed by atoms with Gasteiger partial charge in [0.25, 0.3) is 0 Å². The van der Waals surface area contributed by atoms with Gasteiger partial charge in [0, 0.05) is 18.8 Å². The molecule has 33 heavy (non-hydrogen) atoms. The van der Waals surface area contributed by atoms with Gasteiger partial charge < -0.3 is 14.4 Å². The number of aromatic nitrogens is 3. The highest BCUT2D eigenvalue weighted by Gasteiger charge is 2.23. The predicted molar refractivity (Wildman–Crippen MR) is 129 cm³/mol. The molecule has 1 fully saturated rings. The van der Waals surface area contributed by atoms with Crippen molar-refractivity contribution >= 4 is 17.7 Å². The molecular weight excluding hydrogens is 436 g/mol. The van der Waals surface area contributed by atoms with Gasteiger partial charge in [0.15, 0.2) is 17.1 Å². The topological polar surface area (TPSA) is 69.5 Å². The van der Waals surface area contributed by atoms with Crippen LogP contribution >= 0.6 is 11.8 Å². The van der Waals surface area contributed by atoms with E-state index in [0.717, 1.165) is 11.4 Å². The van der Waals surface area contributed by atoms with Crippen LogP contribution in [0.25, 0.3) is 5.69 Å². The maximum absolute atomic E-state index is 12.6. The minimum atomic E-state index is -0.327. The van der Waals surface area contributed by atoms with Crippen molar-refractivity contribution in [2.75, 3.05) is 32.1 Å². The third-order valence-corrected chi connectivity index (χ3v) is 6.50. The fraction of sp³-hybridized carbons (Fsp3) is 0.400. The van der Waals surface area contributed by atoms with Gasteiger partial charge in [0.2, 0.25) is 5.91 Å². The summed E-state index contributed by atoms with van der Waals surface area (Å²) in [6, 6.07) is 18.1. The molecule has 0 spiro atoms. The zero-order valence-corrected chi connectivity index (χ0v) is 20.1. The number of rotatable bonds is 8. The molecular formula is C25H30N4O3S. The molecule has 1 aromatic heterocycles. The largest absolute Gasteiger partial charge is 0.483 e. The van der Waals surface area contributed by atoms with Gasteiger partial charge in [-0.05, 0) is 42.7 Å². The highest BCUT2D eigenvalue weighted by Crippen LogP contribution is 2.28. The number of morpholine rings is 1. The molecule has 2 heterocycles. The molecule has 1 saturated heterocycles. The lowest BCUT2D eigenvalue weighted by Crippen LogP contribution is -2.41. The van der Waals surface area contributed by atoms with E-state index in [-0.39, 0.29) is 12.0 Å². The summed E-state index contributed by atoms with van der Waals surface area (Å²) >= 11 is 1.40. The molecule has 0 saturated carbocycles. The lowest BCUT2D eigenvalue weighted by Gasteiger charge is -2.26. The first kappa shape index (κ1) is 23.3. The summed E-state index contributed by atoms with van der Waals surface area (Å²) in [5, 5.41) is 9.53. The van der Waals surface area contributed by atoms with E-state index in [1.54, 1.807) is 0 Å². The summed E-state index contributed by atoms with van der Waals surface area (Å²) in [6.45, 7) is 8.76. The second-order valence-corrected chi connectivity index (χ2v) is 9.22. The molecule has 1 atom stereocenters. The molecule has 0 radical (unpaired) electrons. The lowest BCUT2D eigenvalue weighted by atomic mass is 10.0. The highest BCUT2D eigenvalue weighted by atomic mass is 32.2. The number of thioether (sulfide) groups is 1. The quantitative estimate of drug-likeness (QED) is 0.456. The van der Waals surface area contributed by atoms with Crippen LogP contribution in [0.15, 0.2) is 59.8 Å². The fourth-order valence-electron chi connectivity index (χ4n) is 3.68. The van der Waals surface area contributed by atoms with E-state index in [4.69, 9.17) is 9.47 Å². The van der Waals surface area contributed by atoms with Crippen molar-refractivity contribution in [3.63, 3.8) is 0 Å². The molecule has 3 aromatic rings. The molecule has 174 valence electrons. The van der Waals surface area contributed by atoms with Crippen molar-refractivity contribution in [2.24, 2.45) is 0 Å². The number of hydrogen-bond donors (Lipinski definition) is 0. The summed E-state index contributed by atoms with van der Waals surface area (Å²) in [7, 11) is 0. The number of hydrogen-bond acceptors (Lipinski definition) is 6. The van der Waals surface area contributed by atoms with E-state index in [0.29, 0.717) is 49.0 Å². The average molecular weight is 467 g/mol. The minimum Gasteiger partial charge on any atom is -0.483 e. The molecule has 7 nitrogen and oxygen atoms in total. The van der Waals surface area contributed by atoms with Crippen LogP contribution in [0.1, 0.15) is 44.2 Å². The highest BCUT2D eigenvalue weighted by molar-refractivity contribution is 7.99. The van der Waals surface area contributed by atoms with E-state index in [1.165, 1.54) is 17.3 Å². The van der Waals surface area contributed by atoms with Crippen LogP contribution in [-0.2, 0) is 9.53 Å². The molecule has 1 unspecified atom stereocenters. The molecule has 0 bridgehead atoms. The van der Waals surface area contributed by atoms with Crippen LogP contribution < -0.4 is 4.74 Å². The summed E-state index contributed by atoms with van der Waals surface area (Å²) < 4.78 is 13.5. The number of nitrogens with zero attached hydrogens (tertiary/aromatic N) is 4. The van der Waals surface area contributed by atoms with Gasteiger partial charge in [-0.1, -0.05) is 55.9 Å². The number of para-hydroxylation sites is 1. The van der Waals surface area contributed by atoms with Crippen LogP contribution in [0.4, 0.5) is 0 Å². The van der Waals surface area contributed by atoms with Gasteiger partial charge in [0.05, 0.1) is 19.0 Å². The first-order valence-corrected chi connectivity index (χ1v) is 12.3. The Morgan fingerprint density at radius 2 is 1.73 bits per heavy atom. The van der Waals surface area contributed by atoms with Crippen LogP contribution in [0.2, 0.25) is 0 Å². The van der Waals surface area contributed by atoms with Crippen molar-refractivity contribution < 1.29 is 14.3 Å². The summed E-state index contributed by atoms with van der Waals surface area (Å²) in [5.41, 5.74) is 2.20. The van der Waals surface area contributed by atoms with Gasteiger partial charge in [-0.25, -0.2) is 0 Å². The Morgan fingerprint density at radius 3 is 2.39 bits per heavy atom. The van der Waals surface area contributed by atoms with Crippen molar-refractivity contribution in [1.82, 2.24) is 19.7 Å². The normalized spacial score (nSPS) is 15.0. The first-order valence-electron chi connectivity index (χ1n) is 11.3. The number of benzene rings is 2. The predicted octanol–water partition coefficient (Wildman–Crippen LogP) is 4.48. The Morgan fingerprint density at radius 1 is 1.03 bits per heavy atom. The SMILES string of the molecule is CC(C)c1ccc(OC(C)c2nnc(SCC(=O)N3CCOCC3)n2-c2ccccc2)cc1. The number of amides is 1. The van der Waals surface area contributed by atoms with Crippen LogP contribution in [-0.4, -0.2) is 57.6 Å². The maximum Gasteiger partial charge on any atom is 0.233 e. The van der Waals surface area contributed by atoms with E-state index < -0.39 is 0 Å². The van der Waals surface area contributed by atoms with Crippen molar-refractivity contribution in [1.29, 1.82) is 0 Å². The fourth-order valence-corrected chi connectivity index (χ4v) is 4.54. The van der Waals surface area contributed by atoms with Gasteiger partial charge in [-0.2, -0.15) is 0 Å². The molecule has 2 aromatic carbocycles. The Balaban J connectivity index is 1.53. The van der Waals surface area contributed by atoms with E-state index in [9.17, 15) is 4.79 Å². The Bertz CT molecular complexity index is 1050. The number of carbonyl (C=O) groups excluding carboxylic acids is 1. The summed E-state index contributed by atoms with van der Waals surface area (Å²) in [5.74, 6) is 2.33. The Labute approximate surface area is 199 Å². The summed E-state index contributed by atoms with van der Waals surface area (Å²) in [6.07, 6.45) is -0.327. The molecule has 1 amide bonds. The van der Waals surface area contributed by atoms with Crippen LogP contribution in [0.5, 0.6) is 5.75 Å². The van der Waals surface area contributed by atoms with Gasteiger partial charge >= 0.3 is 0 Å². The lowest BCUT2D eigenvalue weighted by molar-refractivity contribution is -0.132. The smallest absolute Gasteiger partial charge is 0.233 e. The van der Waals surface area contributed by atoms with E-state index >= 15 is 0 Å². The zero-order valence-electron chi connectivity index (χ0n) is 19.3. The van der Waals surface area contributed by atoms with E-state index in [1.807, 2.05) is 58.9 Å². The van der Waals surface area contributed by atoms with Crippen molar-refractivity contribution in [2.45, 2.75) is 37.9 Å². The van der Waals surface area contributed by atoms with Crippen molar-refractivity contribution in [3.8, 4) is 11.4 Å². The average Bonchev–Trinajstić information content (AvgIpc) is 3.28. The van der Waals surface area contributed by atoms with Gasteiger partial charge in [-0.3, -0.25) is 9.36 Å². The molecule has 0 N–H and O–H groups in total. The standard InChI is InChI=1S/C25H30N4O3S/c1-18(2)20-9-11-22(12-10-20)32-19(3)24-26-27-25(29(24)21-7-5-4-6-8-21)33-17-23(30)28-13-15-31-16-14-28/h4-12,18-19H,13-17H2,1-3H3. The number of ether oxygens (including phenoxy) is 2. The van der Waals surface area contributed by atoms with Crippen LogP contribution in [0, 0.1) is 0 Å². The monoisotopic (exact) mass is 466 g/mol. The van der Waals surface area contributed by atoms with E-state index in [2.05, 4.69) is 36.2 Å². The second-order valence-electron chi connectivity index (χ2n) is 8.28. The van der Waals surface area contributed by atoms with Crippen LogP contribution in [0.3, 0.4) is 0 Å². The van der Waals surface area contributed by atoms with Crippen molar-refractivity contribution in [3.05, 3.63) is 66.0 Å². The Kier molecular flexibility index (Phi) is 7.67.